The Hall–Kier alpha value is -2.81. The number of rotatable bonds is 4. The van der Waals surface area contributed by atoms with E-state index in [-0.39, 0.29) is 0 Å². The molecule has 0 aliphatic heterocycles. The van der Waals surface area contributed by atoms with Crippen LogP contribution in [0, 0.1) is 0 Å². The minimum Gasteiger partial charge on any atom is -0.472 e. The Morgan fingerprint density at radius 1 is 0.800 bits per heavy atom. The zero-order chi connectivity index (χ0) is 13.6. The van der Waals surface area contributed by atoms with Gasteiger partial charge in [-0.15, -0.1) is 0 Å². The lowest BCUT2D eigenvalue weighted by Gasteiger charge is -2.18. The van der Waals surface area contributed by atoms with Crippen LogP contribution in [0.15, 0.2) is 88.8 Å². The minimum atomic E-state index is 0.932. The topological polar surface area (TPSA) is 28.7 Å². The number of nitrogens with zero attached hydrogens (tertiary/aromatic N) is 2. The largest absolute Gasteiger partial charge is 0.472 e. The van der Waals surface area contributed by atoms with Crippen LogP contribution >= 0.6 is 0 Å². The van der Waals surface area contributed by atoms with Crippen molar-refractivity contribution in [2.24, 2.45) is 5.10 Å². The minimum absolute atomic E-state index is 0.932. The molecule has 0 radical (unpaired) electrons. The molecule has 0 fully saturated rings. The number of hydrogen-bond donors (Lipinski definition) is 0. The maximum Gasteiger partial charge on any atom is 0.0991 e. The lowest BCUT2D eigenvalue weighted by molar-refractivity contribution is 0.567. The summed E-state index contributed by atoms with van der Waals surface area (Å²) in [5.41, 5.74) is 2.96. The first-order valence-corrected chi connectivity index (χ1v) is 6.40. The highest BCUT2D eigenvalue weighted by Crippen LogP contribution is 2.25. The van der Waals surface area contributed by atoms with Crippen LogP contribution in [0.25, 0.3) is 0 Å². The average molecular weight is 262 g/mol. The number of para-hydroxylation sites is 2. The van der Waals surface area contributed by atoms with Gasteiger partial charge in [-0.3, -0.25) is 0 Å². The predicted octanol–water partition coefficient (Wildman–Crippen LogP) is 4.45. The summed E-state index contributed by atoms with van der Waals surface area (Å²) in [6, 6.07) is 22.0. The average Bonchev–Trinajstić information content (AvgIpc) is 3.03. The molecule has 3 nitrogen and oxygen atoms in total. The summed E-state index contributed by atoms with van der Waals surface area (Å²) in [6.07, 6.45) is 5.08. The summed E-state index contributed by atoms with van der Waals surface area (Å²) in [6.45, 7) is 0. The SMILES string of the molecule is C(=N\N(c1ccccc1)c1ccccc1)/c1ccoc1. The number of hydrazone groups is 1. The number of hydrogen-bond acceptors (Lipinski definition) is 3. The Morgan fingerprint density at radius 2 is 1.40 bits per heavy atom. The lowest BCUT2D eigenvalue weighted by atomic mass is 10.2. The van der Waals surface area contributed by atoms with Crippen molar-refractivity contribution in [3.63, 3.8) is 0 Å². The Labute approximate surface area is 117 Å². The Bertz CT molecular complexity index is 621. The highest BCUT2D eigenvalue weighted by Gasteiger charge is 2.06. The van der Waals surface area contributed by atoms with Gasteiger partial charge in [0.2, 0.25) is 0 Å². The smallest absolute Gasteiger partial charge is 0.0991 e. The molecule has 3 rings (SSSR count). The van der Waals surface area contributed by atoms with Gasteiger partial charge in [-0.25, -0.2) is 5.01 Å². The summed E-state index contributed by atoms with van der Waals surface area (Å²) in [7, 11) is 0. The summed E-state index contributed by atoms with van der Waals surface area (Å²) in [5, 5.41) is 6.45. The highest BCUT2D eigenvalue weighted by atomic mass is 16.3. The van der Waals surface area contributed by atoms with Crippen LogP contribution in [0.1, 0.15) is 5.56 Å². The Morgan fingerprint density at radius 3 is 1.90 bits per heavy atom. The first kappa shape index (κ1) is 12.2. The molecule has 0 unspecified atom stereocenters. The molecule has 3 aromatic rings. The van der Waals surface area contributed by atoms with Crippen LogP contribution in [0.5, 0.6) is 0 Å². The lowest BCUT2D eigenvalue weighted by Crippen LogP contribution is -2.08. The van der Waals surface area contributed by atoms with E-state index in [1.807, 2.05) is 71.7 Å². The van der Waals surface area contributed by atoms with Gasteiger partial charge in [0.15, 0.2) is 0 Å². The summed E-state index contributed by atoms with van der Waals surface area (Å²) < 4.78 is 5.05. The molecule has 2 aromatic carbocycles. The first-order chi connectivity index (χ1) is 9.93. The number of benzene rings is 2. The third kappa shape index (κ3) is 2.78. The van der Waals surface area contributed by atoms with E-state index >= 15 is 0 Å². The quantitative estimate of drug-likeness (QED) is 0.513. The van der Waals surface area contributed by atoms with Crippen molar-refractivity contribution in [2.45, 2.75) is 0 Å². The summed E-state index contributed by atoms with van der Waals surface area (Å²) >= 11 is 0. The molecule has 3 heteroatoms. The Balaban J connectivity index is 1.96. The van der Waals surface area contributed by atoms with E-state index in [0.717, 1.165) is 16.9 Å². The molecule has 0 N–H and O–H groups in total. The van der Waals surface area contributed by atoms with Gasteiger partial charge in [-0.05, 0) is 30.3 Å². The van der Waals surface area contributed by atoms with Gasteiger partial charge >= 0.3 is 0 Å². The molecule has 0 bridgehead atoms. The molecular weight excluding hydrogens is 248 g/mol. The van der Waals surface area contributed by atoms with Crippen molar-refractivity contribution < 1.29 is 4.42 Å². The van der Waals surface area contributed by atoms with Gasteiger partial charge in [0.25, 0.3) is 0 Å². The maximum atomic E-state index is 5.05. The van der Waals surface area contributed by atoms with E-state index in [1.54, 1.807) is 18.7 Å². The second kappa shape index (κ2) is 5.89. The molecule has 0 amide bonds. The number of furan rings is 1. The normalized spacial score (nSPS) is 10.8. The van der Waals surface area contributed by atoms with Gasteiger partial charge in [0.1, 0.15) is 0 Å². The van der Waals surface area contributed by atoms with E-state index in [1.165, 1.54) is 0 Å². The molecule has 1 heterocycles. The van der Waals surface area contributed by atoms with Crippen LogP contribution in [0.3, 0.4) is 0 Å². The fourth-order valence-electron chi connectivity index (χ4n) is 1.89. The molecule has 0 atom stereocenters. The van der Waals surface area contributed by atoms with E-state index < -0.39 is 0 Å². The van der Waals surface area contributed by atoms with Crippen molar-refractivity contribution in [3.05, 3.63) is 84.8 Å². The van der Waals surface area contributed by atoms with Gasteiger partial charge in [-0.2, -0.15) is 5.10 Å². The fourth-order valence-corrected chi connectivity index (χ4v) is 1.89. The van der Waals surface area contributed by atoms with Gasteiger partial charge in [0.05, 0.1) is 30.1 Å². The second-order valence-corrected chi connectivity index (χ2v) is 4.28. The monoisotopic (exact) mass is 262 g/mol. The van der Waals surface area contributed by atoms with E-state index in [4.69, 9.17) is 4.42 Å². The third-order valence-electron chi connectivity index (χ3n) is 2.87. The Kier molecular flexibility index (Phi) is 3.60. The van der Waals surface area contributed by atoms with E-state index in [9.17, 15) is 0 Å². The van der Waals surface area contributed by atoms with Crippen LogP contribution in [-0.2, 0) is 0 Å². The van der Waals surface area contributed by atoms with Crippen molar-refractivity contribution in [1.82, 2.24) is 0 Å². The van der Waals surface area contributed by atoms with Crippen molar-refractivity contribution >= 4 is 17.6 Å². The second-order valence-electron chi connectivity index (χ2n) is 4.28. The summed E-state index contributed by atoms with van der Waals surface area (Å²) in [5.74, 6) is 0. The van der Waals surface area contributed by atoms with Crippen molar-refractivity contribution in [3.8, 4) is 0 Å². The van der Waals surface area contributed by atoms with E-state index in [2.05, 4.69) is 5.10 Å². The predicted molar refractivity (Wildman–Crippen MR) is 81.3 cm³/mol. The van der Waals surface area contributed by atoms with Crippen LogP contribution in [0.2, 0.25) is 0 Å². The maximum absolute atomic E-state index is 5.05. The molecule has 0 saturated carbocycles. The standard InChI is InChI=1S/C17H14N2O/c1-3-7-16(8-4-1)19(17-9-5-2-6-10-17)18-13-15-11-12-20-14-15/h1-14H/b18-13+. The van der Waals surface area contributed by atoms with Gasteiger partial charge < -0.3 is 4.42 Å². The highest BCUT2D eigenvalue weighted by molar-refractivity contribution is 5.81. The van der Waals surface area contributed by atoms with Crippen molar-refractivity contribution in [2.75, 3.05) is 5.01 Å². The first-order valence-electron chi connectivity index (χ1n) is 6.40. The molecule has 0 spiro atoms. The zero-order valence-corrected chi connectivity index (χ0v) is 10.9. The third-order valence-corrected chi connectivity index (χ3v) is 2.87. The molecular formula is C17H14N2O. The number of anilines is 2. The summed E-state index contributed by atoms with van der Waals surface area (Å²) in [4.78, 5) is 0. The van der Waals surface area contributed by atoms with Crippen LogP contribution < -0.4 is 5.01 Å². The molecule has 0 aliphatic carbocycles. The van der Waals surface area contributed by atoms with Crippen LogP contribution in [0.4, 0.5) is 11.4 Å². The molecule has 20 heavy (non-hydrogen) atoms. The van der Waals surface area contributed by atoms with Crippen LogP contribution in [-0.4, -0.2) is 6.21 Å². The van der Waals surface area contributed by atoms with Gasteiger partial charge in [-0.1, -0.05) is 36.4 Å². The molecule has 0 aliphatic rings. The molecule has 0 saturated heterocycles. The zero-order valence-electron chi connectivity index (χ0n) is 10.9. The van der Waals surface area contributed by atoms with E-state index in [0.29, 0.717) is 0 Å². The fraction of sp³-hybridized carbons (Fsp3) is 0. The molecule has 1 aromatic heterocycles. The molecule has 98 valence electrons. The van der Waals surface area contributed by atoms with Gasteiger partial charge in [0, 0.05) is 5.56 Å². The van der Waals surface area contributed by atoms with Crippen molar-refractivity contribution in [1.29, 1.82) is 0 Å².